The van der Waals surface area contributed by atoms with Gasteiger partial charge in [-0.15, -0.1) is 0 Å². The molecule has 1 rings (SSSR count). The van der Waals surface area contributed by atoms with Crippen molar-refractivity contribution >= 4 is 11.9 Å². The molecule has 0 saturated carbocycles. The highest BCUT2D eigenvalue weighted by atomic mass is 19.2. The van der Waals surface area contributed by atoms with Crippen LogP contribution in [0, 0.1) is 11.6 Å². The summed E-state index contributed by atoms with van der Waals surface area (Å²) in [5.41, 5.74) is -0.762. The van der Waals surface area contributed by atoms with Gasteiger partial charge in [-0.2, -0.15) is 0 Å². The van der Waals surface area contributed by atoms with Crippen LogP contribution in [0.3, 0.4) is 0 Å². The number of esters is 2. The smallest absolute Gasteiger partial charge is 0.338 e. The second-order valence-corrected chi connectivity index (χ2v) is 2.80. The zero-order valence-electron chi connectivity index (χ0n) is 10.5. The third kappa shape index (κ3) is 3.51. The van der Waals surface area contributed by atoms with E-state index < -0.39 is 23.6 Å². The largest absolute Gasteiger partial charge is 0.465 e. The summed E-state index contributed by atoms with van der Waals surface area (Å²) in [5.74, 6) is -4.38. The Labute approximate surface area is 104 Å². The second kappa shape index (κ2) is 7.37. The molecule has 0 heterocycles. The van der Waals surface area contributed by atoms with Gasteiger partial charge in [0.25, 0.3) is 0 Å². The number of halogens is 2. The van der Waals surface area contributed by atoms with E-state index in [9.17, 15) is 18.4 Å². The van der Waals surface area contributed by atoms with Gasteiger partial charge in [-0.1, -0.05) is 13.8 Å². The van der Waals surface area contributed by atoms with Crippen LogP contribution in [0.2, 0.25) is 0 Å². The number of ether oxygens (including phenoxy) is 2. The number of hydrogen-bond acceptors (Lipinski definition) is 4. The van der Waals surface area contributed by atoms with Crippen LogP contribution in [0.4, 0.5) is 8.78 Å². The third-order valence-corrected chi connectivity index (χ3v) is 1.87. The van der Waals surface area contributed by atoms with E-state index in [1.807, 2.05) is 13.8 Å². The average molecular weight is 260 g/mol. The first kappa shape index (κ1) is 16.0. The summed E-state index contributed by atoms with van der Waals surface area (Å²) in [4.78, 5) is 22.4. The molecule has 0 saturated heterocycles. The molecular formula is C12H14F2O4. The molecule has 0 atom stereocenters. The molecule has 4 nitrogen and oxygen atoms in total. The maximum atomic E-state index is 12.9. The fourth-order valence-corrected chi connectivity index (χ4v) is 1.10. The predicted molar refractivity (Wildman–Crippen MR) is 60.4 cm³/mol. The Morgan fingerprint density at radius 2 is 1.17 bits per heavy atom. The normalized spacial score (nSPS) is 9.00. The molecule has 0 amide bonds. The van der Waals surface area contributed by atoms with Crippen molar-refractivity contribution < 1.29 is 27.8 Å². The summed E-state index contributed by atoms with van der Waals surface area (Å²) in [5, 5.41) is 0. The van der Waals surface area contributed by atoms with Crippen LogP contribution in [0.25, 0.3) is 0 Å². The summed E-state index contributed by atoms with van der Waals surface area (Å²) in [7, 11) is 2.12. The molecule has 0 radical (unpaired) electrons. The van der Waals surface area contributed by atoms with Gasteiger partial charge in [0.1, 0.15) is 0 Å². The molecule has 6 heteroatoms. The number of benzene rings is 1. The van der Waals surface area contributed by atoms with Gasteiger partial charge in [0.15, 0.2) is 11.6 Å². The van der Waals surface area contributed by atoms with Crippen LogP contribution in [-0.2, 0) is 9.47 Å². The monoisotopic (exact) mass is 260 g/mol. The first-order chi connectivity index (χ1) is 8.51. The summed E-state index contributed by atoms with van der Waals surface area (Å²) < 4.78 is 34.4. The molecule has 0 unspecified atom stereocenters. The molecule has 0 aliphatic heterocycles. The van der Waals surface area contributed by atoms with Crippen molar-refractivity contribution in [3.05, 3.63) is 34.9 Å². The molecule has 1 aromatic carbocycles. The minimum absolute atomic E-state index is 0.381. The van der Waals surface area contributed by atoms with Gasteiger partial charge >= 0.3 is 11.9 Å². The summed E-state index contributed by atoms with van der Waals surface area (Å²) >= 11 is 0. The molecule has 1 aromatic rings. The third-order valence-electron chi connectivity index (χ3n) is 1.87. The van der Waals surface area contributed by atoms with Gasteiger partial charge in [0.05, 0.1) is 25.3 Å². The van der Waals surface area contributed by atoms with Gasteiger partial charge in [0.2, 0.25) is 0 Å². The number of rotatable bonds is 2. The molecule has 0 spiro atoms. The topological polar surface area (TPSA) is 52.6 Å². The summed E-state index contributed by atoms with van der Waals surface area (Å²) in [6, 6.07) is 1.18. The standard InChI is InChI=1S/C10H8F2O4.C2H6/c1-15-9(13)5-3-7(11)8(12)4-6(5)10(14)16-2;1-2/h3-4H,1-2H3;1-2H3. The second-order valence-electron chi connectivity index (χ2n) is 2.80. The number of carbonyl (C=O) groups excluding carboxylic acids is 2. The maximum Gasteiger partial charge on any atom is 0.338 e. The molecule has 0 aliphatic rings. The van der Waals surface area contributed by atoms with Crippen LogP contribution in [0.15, 0.2) is 12.1 Å². The maximum absolute atomic E-state index is 12.9. The van der Waals surface area contributed by atoms with E-state index in [4.69, 9.17) is 0 Å². The minimum Gasteiger partial charge on any atom is -0.465 e. The number of hydrogen-bond donors (Lipinski definition) is 0. The van der Waals surface area contributed by atoms with Crippen molar-refractivity contribution in [1.82, 2.24) is 0 Å². The van der Waals surface area contributed by atoms with Gasteiger partial charge in [-0.25, -0.2) is 18.4 Å². The zero-order chi connectivity index (χ0) is 14.3. The zero-order valence-corrected chi connectivity index (χ0v) is 10.5. The number of methoxy groups -OCH3 is 2. The van der Waals surface area contributed by atoms with Crippen molar-refractivity contribution in [3.63, 3.8) is 0 Å². The lowest BCUT2D eigenvalue weighted by molar-refractivity contribution is 0.0554. The fraction of sp³-hybridized carbons (Fsp3) is 0.333. The van der Waals surface area contributed by atoms with Crippen molar-refractivity contribution in [2.45, 2.75) is 13.8 Å². The highest BCUT2D eigenvalue weighted by Crippen LogP contribution is 2.17. The van der Waals surface area contributed by atoms with Crippen molar-refractivity contribution in [2.75, 3.05) is 14.2 Å². The average Bonchev–Trinajstić information content (AvgIpc) is 2.41. The van der Waals surface area contributed by atoms with E-state index in [1.165, 1.54) is 0 Å². The highest BCUT2D eigenvalue weighted by molar-refractivity contribution is 6.03. The predicted octanol–water partition coefficient (Wildman–Crippen LogP) is 2.56. The highest BCUT2D eigenvalue weighted by Gasteiger charge is 2.21. The van der Waals surface area contributed by atoms with Crippen LogP contribution in [-0.4, -0.2) is 26.2 Å². The van der Waals surface area contributed by atoms with E-state index in [1.54, 1.807) is 0 Å². The van der Waals surface area contributed by atoms with E-state index in [0.717, 1.165) is 14.2 Å². The van der Waals surface area contributed by atoms with E-state index in [2.05, 4.69) is 9.47 Å². The summed E-state index contributed by atoms with van der Waals surface area (Å²) in [6.45, 7) is 4.00. The Morgan fingerprint density at radius 1 is 0.889 bits per heavy atom. The Kier molecular flexibility index (Phi) is 6.56. The fourth-order valence-electron chi connectivity index (χ4n) is 1.10. The lowest BCUT2D eigenvalue weighted by atomic mass is 10.1. The molecule has 0 N–H and O–H groups in total. The Morgan fingerprint density at radius 3 is 1.39 bits per heavy atom. The number of carbonyl (C=O) groups is 2. The molecule has 100 valence electrons. The molecule has 0 bridgehead atoms. The molecule has 0 aliphatic carbocycles. The van der Waals surface area contributed by atoms with Crippen LogP contribution in [0.1, 0.15) is 34.6 Å². The molecule has 0 aromatic heterocycles. The van der Waals surface area contributed by atoms with Crippen molar-refractivity contribution in [2.24, 2.45) is 0 Å². The van der Waals surface area contributed by atoms with Crippen LogP contribution < -0.4 is 0 Å². The first-order valence-electron chi connectivity index (χ1n) is 5.17. The molecule has 0 fully saturated rings. The SMILES string of the molecule is CC.COC(=O)c1cc(F)c(F)cc1C(=O)OC. The van der Waals surface area contributed by atoms with Crippen molar-refractivity contribution in [3.8, 4) is 0 Å². The quantitative estimate of drug-likeness (QED) is 0.767. The van der Waals surface area contributed by atoms with Gasteiger partial charge in [-0.05, 0) is 12.1 Å². The Balaban J connectivity index is 0.00000137. The van der Waals surface area contributed by atoms with E-state index in [-0.39, 0.29) is 11.1 Å². The first-order valence-corrected chi connectivity index (χ1v) is 5.17. The van der Waals surface area contributed by atoms with Crippen molar-refractivity contribution in [1.29, 1.82) is 0 Å². The van der Waals surface area contributed by atoms with E-state index >= 15 is 0 Å². The molecule has 18 heavy (non-hydrogen) atoms. The van der Waals surface area contributed by atoms with Gasteiger partial charge in [0, 0.05) is 0 Å². The summed E-state index contributed by atoms with van der Waals surface area (Å²) in [6.07, 6.45) is 0. The lowest BCUT2D eigenvalue weighted by Gasteiger charge is -2.06. The van der Waals surface area contributed by atoms with Crippen LogP contribution in [0.5, 0.6) is 0 Å². The lowest BCUT2D eigenvalue weighted by Crippen LogP contribution is -2.13. The van der Waals surface area contributed by atoms with E-state index in [0.29, 0.717) is 12.1 Å². The Bertz CT molecular complexity index is 403. The van der Waals surface area contributed by atoms with Crippen LogP contribution >= 0.6 is 0 Å². The molecular weight excluding hydrogens is 246 g/mol. The van der Waals surface area contributed by atoms with Gasteiger partial charge in [-0.3, -0.25) is 0 Å². The van der Waals surface area contributed by atoms with Gasteiger partial charge < -0.3 is 9.47 Å². The minimum atomic E-state index is -1.24. The Hall–Kier alpha value is -1.98.